The zero-order valence-corrected chi connectivity index (χ0v) is 13.1. The Balaban J connectivity index is 2.01. The quantitative estimate of drug-likeness (QED) is 0.829. The summed E-state index contributed by atoms with van der Waals surface area (Å²) in [7, 11) is 0. The number of rotatable bonds is 4. The number of halogens is 1. The maximum absolute atomic E-state index is 11.9. The second kappa shape index (κ2) is 6.27. The lowest BCUT2D eigenvalue weighted by molar-refractivity contribution is 0.0951. The number of benzene rings is 1. The molecule has 1 aromatic heterocycles. The maximum Gasteiger partial charge on any atom is 0.252 e. The summed E-state index contributed by atoms with van der Waals surface area (Å²) >= 11 is 9.74. The molecule has 2 aromatic rings. The van der Waals surface area contributed by atoms with Crippen molar-refractivity contribution in [1.82, 2.24) is 5.32 Å². The van der Waals surface area contributed by atoms with Gasteiger partial charge in [0.2, 0.25) is 0 Å². The van der Waals surface area contributed by atoms with Gasteiger partial charge in [-0.25, -0.2) is 0 Å². The molecule has 0 aliphatic carbocycles. The summed E-state index contributed by atoms with van der Waals surface area (Å²) in [4.78, 5) is 12.2. The van der Waals surface area contributed by atoms with Gasteiger partial charge >= 0.3 is 0 Å². The molecule has 0 unspecified atom stereocenters. The number of nitrogens with one attached hydrogen (secondary N) is 1. The fourth-order valence-corrected chi connectivity index (χ4v) is 2.81. The molecule has 1 heterocycles. The van der Waals surface area contributed by atoms with Crippen LogP contribution in [0.5, 0.6) is 0 Å². The van der Waals surface area contributed by atoms with Crippen molar-refractivity contribution < 1.29 is 4.79 Å². The summed E-state index contributed by atoms with van der Waals surface area (Å²) in [6.45, 7) is 0.447. The van der Waals surface area contributed by atoms with Crippen LogP contribution >= 0.6 is 39.5 Å². The van der Waals surface area contributed by atoms with Gasteiger partial charge in [-0.3, -0.25) is 4.79 Å². The number of carbonyl (C=O) groups excluding carboxylic acids is 1. The molecular weight excluding hydrogens is 344 g/mol. The van der Waals surface area contributed by atoms with Crippen LogP contribution in [0.2, 0.25) is 0 Å². The van der Waals surface area contributed by atoms with Crippen LogP contribution < -0.4 is 11.1 Å². The normalized spacial score (nSPS) is 10.2. The van der Waals surface area contributed by atoms with Gasteiger partial charge < -0.3 is 11.1 Å². The second-order valence-corrected chi connectivity index (χ2v) is 6.62. The number of thiocarbonyl (C=S) groups is 1. The van der Waals surface area contributed by atoms with E-state index in [1.165, 1.54) is 11.3 Å². The fourth-order valence-electron chi connectivity index (χ4n) is 1.55. The minimum absolute atomic E-state index is 0.0947. The van der Waals surface area contributed by atoms with E-state index in [1.54, 1.807) is 6.07 Å². The lowest BCUT2D eigenvalue weighted by Crippen LogP contribution is -2.22. The molecule has 0 atom stereocenters. The Morgan fingerprint density at radius 2 is 2.16 bits per heavy atom. The number of hydrogen-bond acceptors (Lipinski definition) is 3. The van der Waals surface area contributed by atoms with Gasteiger partial charge in [-0.05, 0) is 33.6 Å². The Morgan fingerprint density at radius 3 is 2.79 bits per heavy atom. The molecule has 0 spiro atoms. The number of amides is 1. The largest absolute Gasteiger partial charge is 0.389 e. The zero-order valence-electron chi connectivity index (χ0n) is 9.85. The minimum Gasteiger partial charge on any atom is -0.389 e. The maximum atomic E-state index is 11.9. The highest BCUT2D eigenvalue weighted by atomic mass is 79.9. The molecule has 0 aliphatic rings. The van der Waals surface area contributed by atoms with Gasteiger partial charge in [0.1, 0.15) is 4.99 Å². The van der Waals surface area contributed by atoms with Crippen molar-refractivity contribution in [3.63, 3.8) is 0 Å². The third-order valence-electron chi connectivity index (χ3n) is 2.49. The molecule has 0 radical (unpaired) electrons. The predicted molar refractivity (Wildman–Crippen MR) is 85.5 cm³/mol. The average molecular weight is 355 g/mol. The van der Waals surface area contributed by atoms with Crippen LogP contribution in [0.15, 0.2) is 39.5 Å². The van der Waals surface area contributed by atoms with E-state index >= 15 is 0 Å². The predicted octanol–water partition coefficient (Wildman–Crippen LogP) is 3.07. The lowest BCUT2D eigenvalue weighted by atomic mass is 10.1. The van der Waals surface area contributed by atoms with Crippen molar-refractivity contribution in [2.24, 2.45) is 5.73 Å². The first-order chi connectivity index (χ1) is 9.06. The highest BCUT2D eigenvalue weighted by Crippen LogP contribution is 2.20. The molecule has 6 heteroatoms. The number of nitrogens with two attached hydrogens (primary N) is 1. The van der Waals surface area contributed by atoms with Crippen molar-refractivity contribution >= 4 is 50.4 Å². The lowest BCUT2D eigenvalue weighted by Gasteiger charge is -2.06. The van der Waals surface area contributed by atoms with E-state index in [-0.39, 0.29) is 5.91 Å². The number of hydrogen-bond donors (Lipinski definition) is 2. The van der Waals surface area contributed by atoms with E-state index in [9.17, 15) is 4.79 Å². The van der Waals surface area contributed by atoms with E-state index < -0.39 is 0 Å². The smallest absolute Gasteiger partial charge is 0.252 e. The highest BCUT2D eigenvalue weighted by molar-refractivity contribution is 9.11. The van der Waals surface area contributed by atoms with Crippen LogP contribution in [0.25, 0.3) is 0 Å². The van der Waals surface area contributed by atoms with E-state index in [0.29, 0.717) is 17.1 Å². The van der Waals surface area contributed by atoms with Gasteiger partial charge in [0.25, 0.3) is 5.91 Å². The van der Waals surface area contributed by atoms with E-state index in [0.717, 1.165) is 14.9 Å². The molecule has 0 aliphatic heterocycles. The molecule has 3 nitrogen and oxygen atoms in total. The molecular formula is C13H11BrN2OS2. The Bertz CT molecular complexity index is 625. The minimum atomic E-state index is -0.0947. The van der Waals surface area contributed by atoms with Gasteiger partial charge in [-0.15, -0.1) is 11.3 Å². The molecule has 1 amide bonds. The van der Waals surface area contributed by atoms with Crippen LogP contribution in [0.4, 0.5) is 0 Å². The molecule has 19 heavy (non-hydrogen) atoms. The van der Waals surface area contributed by atoms with Crippen LogP contribution in [0.1, 0.15) is 21.5 Å². The topological polar surface area (TPSA) is 55.1 Å². The first-order valence-electron chi connectivity index (χ1n) is 5.47. The van der Waals surface area contributed by atoms with Gasteiger partial charge in [0.15, 0.2) is 0 Å². The SMILES string of the molecule is NC(=S)c1cccc(CNC(=O)c2csc(Br)c2)c1. The zero-order chi connectivity index (χ0) is 13.8. The molecule has 0 saturated heterocycles. The third kappa shape index (κ3) is 3.86. The Morgan fingerprint density at radius 1 is 1.37 bits per heavy atom. The summed E-state index contributed by atoms with van der Waals surface area (Å²) in [5.41, 5.74) is 8.00. The summed E-state index contributed by atoms with van der Waals surface area (Å²) < 4.78 is 0.938. The second-order valence-electron chi connectivity index (χ2n) is 3.89. The number of thiophene rings is 1. The van der Waals surface area contributed by atoms with Crippen LogP contribution in [0, 0.1) is 0 Å². The molecule has 0 saturated carbocycles. The standard InChI is InChI=1S/C13H11BrN2OS2/c14-11-5-10(7-19-11)13(17)16-6-8-2-1-3-9(4-8)12(15)18/h1-5,7H,6H2,(H2,15,18)(H,16,17). The van der Waals surface area contributed by atoms with Gasteiger partial charge in [-0.1, -0.05) is 30.4 Å². The highest BCUT2D eigenvalue weighted by Gasteiger charge is 2.07. The van der Waals surface area contributed by atoms with Gasteiger partial charge in [0.05, 0.1) is 9.35 Å². The third-order valence-corrected chi connectivity index (χ3v) is 4.23. The van der Waals surface area contributed by atoms with Gasteiger partial charge in [-0.2, -0.15) is 0 Å². The fraction of sp³-hybridized carbons (Fsp3) is 0.0769. The molecule has 3 N–H and O–H groups in total. The van der Waals surface area contributed by atoms with Crippen LogP contribution in [-0.4, -0.2) is 10.9 Å². The summed E-state index contributed by atoms with van der Waals surface area (Å²) in [5, 5.41) is 4.67. The van der Waals surface area contributed by atoms with Crippen LogP contribution in [-0.2, 0) is 6.54 Å². The van der Waals surface area contributed by atoms with Crippen LogP contribution in [0.3, 0.4) is 0 Å². The van der Waals surface area contributed by atoms with Gasteiger partial charge in [0, 0.05) is 17.5 Å². The van der Waals surface area contributed by atoms with Crippen molar-refractivity contribution in [3.05, 3.63) is 56.2 Å². The summed E-state index contributed by atoms with van der Waals surface area (Å²) in [6.07, 6.45) is 0. The van der Waals surface area contributed by atoms with Crippen molar-refractivity contribution in [2.75, 3.05) is 0 Å². The number of carbonyl (C=O) groups is 1. The Kier molecular flexibility index (Phi) is 4.68. The Labute approximate surface area is 129 Å². The van der Waals surface area contributed by atoms with Crippen molar-refractivity contribution in [1.29, 1.82) is 0 Å². The van der Waals surface area contributed by atoms with E-state index in [4.69, 9.17) is 18.0 Å². The Hall–Kier alpha value is -1.24. The average Bonchev–Trinajstić information content (AvgIpc) is 2.83. The molecule has 0 bridgehead atoms. The molecule has 2 rings (SSSR count). The molecule has 1 aromatic carbocycles. The monoisotopic (exact) mass is 354 g/mol. The summed E-state index contributed by atoms with van der Waals surface area (Å²) in [6, 6.07) is 9.32. The first-order valence-corrected chi connectivity index (χ1v) is 7.55. The summed E-state index contributed by atoms with van der Waals surface area (Å²) in [5.74, 6) is -0.0947. The van der Waals surface area contributed by atoms with E-state index in [2.05, 4.69) is 21.2 Å². The van der Waals surface area contributed by atoms with Crippen molar-refractivity contribution in [2.45, 2.75) is 6.54 Å². The van der Waals surface area contributed by atoms with E-state index in [1.807, 2.05) is 29.6 Å². The first kappa shape index (κ1) is 14.2. The molecule has 0 fully saturated rings. The molecule has 98 valence electrons. The van der Waals surface area contributed by atoms with Crippen molar-refractivity contribution in [3.8, 4) is 0 Å².